The van der Waals surface area contributed by atoms with Gasteiger partial charge in [0.05, 0.1) is 0 Å². The van der Waals surface area contributed by atoms with Gasteiger partial charge in [-0.05, 0) is 55.0 Å². The van der Waals surface area contributed by atoms with Gasteiger partial charge < -0.3 is 16.0 Å². The Morgan fingerprint density at radius 1 is 0.964 bits per heavy atom. The lowest BCUT2D eigenvalue weighted by molar-refractivity contribution is -0.119. The molecule has 0 spiro atoms. The minimum atomic E-state index is -0.267. The Kier molecular flexibility index (Phi) is 8.91. The average Bonchev–Trinajstić information content (AvgIpc) is 2.65. The minimum Gasteiger partial charge on any atom is -0.332 e. The predicted octanol–water partition coefficient (Wildman–Crippen LogP) is 5.38. The molecule has 0 aliphatic heterocycles. The SMILES string of the molecule is CCCCCCC(=O)NC(=S)Nc1cccc(C(=O)Nc2cccc(Cl)c2)c1. The summed E-state index contributed by atoms with van der Waals surface area (Å²) >= 11 is 11.1. The van der Waals surface area contributed by atoms with E-state index in [0.29, 0.717) is 28.4 Å². The summed E-state index contributed by atoms with van der Waals surface area (Å²) in [6.45, 7) is 2.13. The molecule has 0 heterocycles. The molecule has 2 amide bonds. The van der Waals surface area contributed by atoms with E-state index in [1.165, 1.54) is 0 Å². The van der Waals surface area contributed by atoms with Gasteiger partial charge in [-0.1, -0.05) is 49.9 Å². The van der Waals surface area contributed by atoms with Crippen molar-refractivity contribution in [2.45, 2.75) is 39.0 Å². The van der Waals surface area contributed by atoms with E-state index in [1.54, 1.807) is 48.5 Å². The molecule has 0 saturated heterocycles. The lowest BCUT2D eigenvalue weighted by atomic mass is 10.1. The van der Waals surface area contributed by atoms with Crippen molar-refractivity contribution in [1.82, 2.24) is 5.32 Å². The van der Waals surface area contributed by atoms with E-state index in [4.69, 9.17) is 23.8 Å². The summed E-state index contributed by atoms with van der Waals surface area (Å²) in [4.78, 5) is 24.3. The summed E-state index contributed by atoms with van der Waals surface area (Å²) in [7, 11) is 0. The highest BCUT2D eigenvalue weighted by atomic mass is 35.5. The van der Waals surface area contributed by atoms with Gasteiger partial charge in [0.1, 0.15) is 0 Å². The largest absolute Gasteiger partial charge is 0.332 e. The zero-order valence-electron chi connectivity index (χ0n) is 15.8. The van der Waals surface area contributed by atoms with E-state index < -0.39 is 0 Å². The number of hydrogen-bond donors (Lipinski definition) is 3. The van der Waals surface area contributed by atoms with Crippen molar-refractivity contribution < 1.29 is 9.59 Å². The van der Waals surface area contributed by atoms with Crippen LogP contribution in [0.5, 0.6) is 0 Å². The number of halogens is 1. The first-order valence-electron chi connectivity index (χ1n) is 9.25. The second kappa shape index (κ2) is 11.4. The van der Waals surface area contributed by atoms with Crippen LogP contribution in [-0.2, 0) is 4.79 Å². The fourth-order valence-electron chi connectivity index (χ4n) is 2.57. The second-order valence-electron chi connectivity index (χ2n) is 6.36. The van der Waals surface area contributed by atoms with Gasteiger partial charge in [0.25, 0.3) is 5.91 Å². The zero-order valence-corrected chi connectivity index (χ0v) is 17.3. The summed E-state index contributed by atoms with van der Waals surface area (Å²) in [5, 5.41) is 9.16. The first-order valence-corrected chi connectivity index (χ1v) is 10.0. The maximum atomic E-state index is 12.4. The van der Waals surface area contributed by atoms with Crippen LogP contribution in [0.15, 0.2) is 48.5 Å². The van der Waals surface area contributed by atoms with Crippen molar-refractivity contribution in [1.29, 1.82) is 0 Å². The molecule has 0 unspecified atom stereocenters. The van der Waals surface area contributed by atoms with Gasteiger partial charge in [-0.3, -0.25) is 9.59 Å². The first-order chi connectivity index (χ1) is 13.5. The Hall–Kier alpha value is -2.44. The van der Waals surface area contributed by atoms with E-state index in [9.17, 15) is 9.59 Å². The van der Waals surface area contributed by atoms with Crippen LogP contribution in [0.25, 0.3) is 0 Å². The van der Waals surface area contributed by atoms with E-state index in [0.717, 1.165) is 25.7 Å². The number of carbonyl (C=O) groups is 2. The van der Waals surface area contributed by atoms with Crippen molar-refractivity contribution in [3.63, 3.8) is 0 Å². The molecule has 2 aromatic carbocycles. The highest BCUT2D eigenvalue weighted by Gasteiger charge is 2.09. The second-order valence-corrected chi connectivity index (χ2v) is 7.20. The molecule has 0 atom stereocenters. The molecule has 0 aliphatic carbocycles. The topological polar surface area (TPSA) is 70.2 Å². The van der Waals surface area contributed by atoms with Gasteiger partial charge in [0, 0.05) is 28.4 Å². The molecule has 148 valence electrons. The third-order valence-corrected chi connectivity index (χ3v) is 4.41. The Bertz CT molecular complexity index is 842. The van der Waals surface area contributed by atoms with Gasteiger partial charge in [0.15, 0.2) is 5.11 Å². The molecule has 0 aliphatic rings. The van der Waals surface area contributed by atoms with Crippen molar-refractivity contribution >= 4 is 52.1 Å². The Labute approximate surface area is 175 Å². The Morgan fingerprint density at radius 2 is 1.68 bits per heavy atom. The van der Waals surface area contributed by atoms with Crippen molar-refractivity contribution in [2.24, 2.45) is 0 Å². The molecule has 0 fully saturated rings. The summed E-state index contributed by atoms with van der Waals surface area (Å²) in [5.74, 6) is -0.375. The van der Waals surface area contributed by atoms with Gasteiger partial charge in [-0.2, -0.15) is 0 Å². The highest BCUT2D eigenvalue weighted by molar-refractivity contribution is 7.80. The number of amides is 2. The number of carbonyl (C=O) groups excluding carboxylic acids is 2. The number of nitrogens with one attached hydrogen (secondary N) is 3. The van der Waals surface area contributed by atoms with Crippen molar-refractivity contribution in [2.75, 3.05) is 10.6 Å². The van der Waals surface area contributed by atoms with Crippen molar-refractivity contribution in [3.05, 3.63) is 59.1 Å². The monoisotopic (exact) mass is 417 g/mol. The average molecular weight is 418 g/mol. The fraction of sp³-hybridized carbons (Fsp3) is 0.286. The van der Waals surface area contributed by atoms with Crippen LogP contribution in [0.4, 0.5) is 11.4 Å². The molecule has 5 nitrogen and oxygen atoms in total. The third kappa shape index (κ3) is 7.66. The summed E-state index contributed by atoms with van der Waals surface area (Å²) < 4.78 is 0. The van der Waals surface area contributed by atoms with Crippen LogP contribution < -0.4 is 16.0 Å². The molecular weight excluding hydrogens is 394 g/mol. The van der Waals surface area contributed by atoms with Gasteiger partial charge in [-0.25, -0.2) is 0 Å². The predicted molar refractivity (Wildman–Crippen MR) is 119 cm³/mol. The highest BCUT2D eigenvalue weighted by Crippen LogP contribution is 2.17. The molecule has 28 heavy (non-hydrogen) atoms. The lowest BCUT2D eigenvalue weighted by Crippen LogP contribution is -2.34. The van der Waals surface area contributed by atoms with E-state index in [-0.39, 0.29) is 16.9 Å². The lowest BCUT2D eigenvalue weighted by Gasteiger charge is -2.11. The number of thiocarbonyl (C=S) groups is 1. The standard InChI is InChI=1S/C21H24ClN3O2S/c1-2-3-4-5-12-19(26)25-21(28)24-17-10-6-8-15(13-17)20(27)23-18-11-7-9-16(22)14-18/h6-11,13-14H,2-5,12H2,1H3,(H,23,27)(H2,24,25,26,28). The molecule has 0 saturated carbocycles. The molecule has 7 heteroatoms. The maximum Gasteiger partial charge on any atom is 0.255 e. The third-order valence-electron chi connectivity index (χ3n) is 3.98. The van der Waals surface area contributed by atoms with Gasteiger partial charge >= 0.3 is 0 Å². The normalized spacial score (nSPS) is 10.2. The van der Waals surface area contributed by atoms with Crippen LogP contribution in [-0.4, -0.2) is 16.9 Å². The first kappa shape index (κ1) is 21.9. The van der Waals surface area contributed by atoms with Crippen LogP contribution in [0.2, 0.25) is 5.02 Å². The zero-order chi connectivity index (χ0) is 20.4. The number of anilines is 2. The van der Waals surface area contributed by atoms with Crippen LogP contribution in [0.1, 0.15) is 49.4 Å². The van der Waals surface area contributed by atoms with Crippen LogP contribution in [0.3, 0.4) is 0 Å². The van der Waals surface area contributed by atoms with Gasteiger partial charge in [0.2, 0.25) is 5.91 Å². The molecule has 2 aromatic rings. The summed E-state index contributed by atoms with van der Waals surface area (Å²) in [6, 6.07) is 13.8. The fourth-order valence-corrected chi connectivity index (χ4v) is 2.99. The van der Waals surface area contributed by atoms with Crippen molar-refractivity contribution in [3.8, 4) is 0 Å². The number of benzene rings is 2. The number of hydrogen-bond acceptors (Lipinski definition) is 3. The summed E-state index contributed by atoms with van der Waals surface area (Å²) in [6.07, 6.45) is 4.59. The maximum absolute atomic E-state index is 12.4. The van der Waals surface area contributed by atoms with Gasteiger partial charge in [-0.15, -0.1) is 0 Å². The van der Waals surface area contributed by atoms with E-state index in [2.05, 4.69) is 22.9 Å². The van der Waals surface area contributed by atoms with E-state index >= 15 is 0 Å². The molecule has 2 rings (SSSR count). The molecular formula is C21H24ClN3O2S. The molecule has 3 N–H and O–H groups in total. The Balaban J connectivity index is 1.89. The van der Waals surface area contributed by atoms with E-state index in [1.807, 2.05) is 0 Å². The summed E-state index contributed by atoms with van der Waals surface area (Å²) in [5.41, 5.74) is 1.69. The number of rotatable bonds is 8. The molecule has 0 aromatic heterocycles. The smallest absolute Gasteiger partial charge is 0.255 e. The molecule has 0 bridgehead atoms. The quantitative estimate of drug-likeness (QED) is 0.398. The van der Waals surface area contributed by atoms with Crippen LogP contribution >= 0.6 is 23.8 Å². The molecule has 0 radical (unpaired) electrons. The Morgan fingerprint density at radius 3 is 2.39 bits per heavy atom. The minimum absolute atomic E-state index is 0.108. The van der Waals surface area contributed by atoms with Crippen LogP contribution in [0, 0.1) is 0 Å². The number of unbranched alkanes of at least 4 members (excludes halogenated alkanes) is 3.